The van der Waals surface area contributed by atoms with Crippen molar-refractivity contribution in [1.82, 2.24) is 0 Å². The average Bonchev–Trinajstić information content (AvgIpc) is 3.40. The maximum Gasteiger partial charge on any atom is 0.334 e. The number of anilines is 1. The molecule has 32 heavy (non-hydrogen) atoms. The van der Waals surface area contributed by atoms with E-state index in [1.807, 2.05) is 37.3 Å². The molecule has 6 nitrogen and oxygen atoms in total. The summed E-state index contributed by atoms with van der Waals surface area (Å²) < 4.78 is 5.06. The number of hydrogen-bond acceptors (Lipinski definition) is 5. The predicted octanol–water partition coefficient (Wildman–Crippen LogP) is 3.90. The Labute approximate surface area is 186 Å². The van der Waals surface area contributed by atoms with E-state index in [4.69, 9.17) is 4.74 Å². The van der Waals surface area contributed by atoms with E-state index >= 15 is 0 Å². The summed E-state index contributed by atoms with van der Waals surface area (Å²) in [6, 6.07) is 18.9. The molecule has 2 aromatic rings. The quantitative estimate of drug-likeness (QED) is 0.413. The van der Waals surface area contributed by atoms with Gasteiger partial charge in [-0.15, -0.1) is 6.58 Å². The van der Waals surface area contributed by atoms with Gasteiger partial charge in [0.15, 0.2) is 5.41 Å². The third-order valence-electron chi connectivity index (χ3n) is 6.23. The minimum absolute atomic E-state index is 0.0742. The van der Waals surface area contributed by atoms with Gasteiger partial charge >= 0.3 is 5.97 Å². The molecular weight excluding hydrogens is 402 g/mol. The Bertz CT molecular complexity index is 1230. The Balaban J connectivity index is 1.97. The molecule has 1 heterocycles. The summed E-state index contributed by atoms with van der Waals surface area (Å²) in [6.07, 6.45) is 1.61. The zero-order valence-corrected chi connectivity index (χ0v) is 17.8. The number of rotatable bonds is 5. The first-order chi connectivity index (χ1) is 15.4. The standard InChI is InChI=1S/C26H21N3O3/c1-4-13-29-19-8-6-5-7-18(19)20(24(29)30)21(25(31)32-3)23-22(26(23,14-27)15-28)17-11-9-16(2)10-12-17/h4-12,22-23H,1,13H2,2-3H3/b21-20+. The fourth-order valence-electron chi connectivity index (χ4n) is 4.66. The molecule has 2 atom stereocenters. The van der Waals surface area contributed by atoms with Crippen molar-refractivity contribution in [3.05, 3.63) is 83.4 Å². The zero-order valence-electron chi connectivity index (χ0n) is 17.8. The van der Waals surface area contributed by atoms with Crippen LogP contribution in [0.3, 0.4) is 0 Å². The van der Waals surface area contributed by atoms with Gasteiger partial charge in [-0.05, 0) is 18.6 Å². The maximum absolute atomic E-state index is 13.5. The molecule has 1 aliphatic heterocycles. The molecule has 1 aliphatic carbocycles. The lowest BCUT2D eigenvalue weighted by Crippen LogP contribution is -2.27. The Morgan fingerprint density at radius 3 is 2.44 bits per heavy atom. The highest BCUT2D eigenvalue weighted by molar-refractivity contribution is 6.36. The maximum atomic E-state index is 13.5. The summed E-state index contributed by atoms with van der Waals surface area (Å²) >= 11 is 0. The van der Waals surface area contributed by atoms with Crippen LogP contribution in [0.1, 0.15) is 22.6 Å². The lowest BCUT2D eigenvalue weighted by molar-refractivity contribution is -0.136. The number of carbonyl (C=O) groups excluding carboxylic acids is 2. The number of benzene rings is 2. The van der Waals surface area contributed by atoms with Crippen LogP contribution in [0, 0.1) is 40.9 Å². The molecule has 1 amide bonds. The molecule has 0 saturated heterocycles. The predicted molar refractivity (Wildman–Crippen MR) is 119 cm³/mol. The van der Waals surface area contributed by atoms with E-state index < -0.39 is 23.2 Å². The summed E-state index contributed by atoms with van der Waals surface area (Å²) in [5.74, 6) is -2.42. The van der Waals surface area contributed by atoms with Crippen molar-refractivity contribution in [2.24, 2.45) is 11.3 Å². The van der Waals surface area contributed by atoms with Crippen molar-refractivity contribution < 1.29 is 14.3 Å². The highest BCUT2D eigenvalue weighted by atomic mass is 16.5. The number of aryl methyl sites for hydroxylation is 1. The van der Waals surface area contributed by atoms with Crippen LogP contribution in [0.15, 0.2) is 66.8 Å². The normalized spacial score (nSPS) is 21.8. The molecular formula is C26H21N3O3. The van der Waals surface area contributed by atoms with E-state index in [1.54, 1.807) is 24.3 Å². The minimum Gasteiger partial charge on any atom is -0.466 e. The van der Waals surface area contributed by atoms with Crippen LogP contribution in [0.2, 0.25) is 0 Å². The van der Waals surface area contributed by atoms with Gasteiger partial charge in [-0.3, -0.25) is 4.79 Å². The van der Waals surface area contributed by atoms with Gasteiger partial charge in [0, 0.05) is 23.9 Å². The van der Waals surface area contributed by atoms with E-state index in [-0.39, 0.29) is 23.6 Å². The van der Waals surface area contributed by atoms with Crippen molar-refractivity contribution in [1.29, 1.82) is 10.5 Å². The van der Waals surface area contributed by atoms with E-state index in [2.05, 4.69) is 18.7 Å². The Kier molecular flexibility index (Phi) is 5.16. The van der Waals surface area contributed by atoms with E-state index in [0.717, 1.165) is 11.1 Å². The van der Waals surface area contributed by atoms with E-state index in [1.165, 1.54) is 12.0 Å². The van der Waals surface area contributed by atoms with Crippen LogP contribution in [-0.2, 0) is 14.3 Å². The van der Waals surface area contributed by atoms with E-state index in [0.29, 0.717) is 11.3 Å². The number of para-hydroxylation sites is 1. The number of amides is 1. The molecule has 2 unspecified atom stereocenters. The van der Waals surface area contributed by atoms with Crippen molar-refractivity contribution in [3.8, 4) is 12.1 Å². The molecule has 0 N–H and O–H groups in total. The topological polar surface area (TPSA) is 94.2 Å². The van der Waals surface area contributed by atoms with E-state index in [9.17, 15) is 20.1 Å². The van der Waals surface area contributed by atoms with Gasteiger partial charge in [0.05, 0.1) is 36.1 Å². The Morgan fingerprint density at radius 1 is 1.19 bits per heavy atom. The number of methoxy groups -OCH3 is 1. The van der Waals surface area contributed by atoms with Crippen molar-refractivity contribution in [2.45, 2.75) is 12.8 Å². The number of hydrogen-bond donors (Lipinski definition) is 0. The van der Waals surface area contributed by atoms with Crippen LogP contribution in [0.4, 0.5) is 5.69 Å². The molecule has 0 aromatic heterocycles. The third kappa shape index (κ3) is 2.92. The van der Waals surface area contributed by atoms with Gasteiger partial charge in [-0.25, -0.2) is 4.79 Å². The van der Waals surface area contributed by atoms with Crippen LogP contribution >= 0.6 is 0 Å². The zero-order chi connectivity index (χ0) is 23.0. The van der Waals surface area contributed by atoms with Gasteiger partial charge in [0.1, 0.15) is 0 Å². The van der Waals surface area contributed by atoms with Crippen molar-refractivity contribution >= 4 is 23.1 Å². The minimum atomic E-state index is -1.47. The third-order valence-corrected chi connectivity index (χ3v) is 6.23. The second-order valence-electron chi connectivity index (χ2n) is 7.96. The number of fused-ring (bicyclic) bond motifs is 1. The summed E-state index contributed by atoms with van der Waals surface area (Å²) in [5, 5.41) is 20.0. The van der Waals surface area contributed by atoms with Gasteiger partial charge in [0.25, 0.3) is 5.91 Å². The smallest absolute Gasteiger partial charge is 0.334 e. The van der Waals surface area contributed by atoms with Crippen LogP contribution in [-0.4, -0.2) is 25.5 Å². The molecule has 0 spiro atoms. The molecule has 1 fully saturated rings. The SMILES string of the molecule is C=CCN1C(=O)/C(=C(/C(=O)OC)C2C(c3ccc(C)cc3)C2(C#N)C#N)c2ccccc21. The number of ether oxygens (including phenoxy) is 1. The summed E-state index contributed by atoms with van der Waals surface area (Å²) in [5.41, 5.74) is 1.84. The summed E-state index contributed by atoms with van der Waals surface area (Å²) in [6.45, 7) is 5.93. The number of carbonyl (C=O) groups is 2. The number of nitriles is 2. The fraction of sp³-hybridized carbons (Fsp3) is 0.231. The van der Waals surface area contributed by atoms with Gasteiger partial charge in [0.2, 0.25) is 0 Å². The van der Waals surface area contributed by atoms with Crippen LogP contribution < -0.4 is 4.90 Å². The first-order valence-corrected chi connectivity index (χ1v) is 10.2. The Morgan fingerprint density at radius 2 is 1.84 bits per heavy atom. The molecule has 4 rings (SSSR count). The Hall–Kier alpha value is -4.16. The summed E-state index contributed by atoms with van der Waals surface area (Å²) in [7, 11) is 1.24. The summed E-state index contributed by atoms with van der Waals surface area (Å²) in [4.78, 5) is 28.1. The number of esters is 1. The molecule has 0 bridgehead atoms. The number of nitrogens with zero attached hydrogens (tertiary/aromatic N) is 3. The van der Waals surface area contributed by atoms with Crippen molar-refractivity contribution in [3.63, 3.8) is 0 Å². The largest absolute Gasteiger partial charge is 0.466 e. The highest BCUT2D eigenvalue weighted by Gasteiger charge is 2.70. The van der Waals surface area contributed by atoms with Crippen molar-refractivity contribution in [2.75, 3.05) is 18.6 Å². The van der Waals surface area contributed by atoms with Gasteiger partial charge < -0.3 is 9.64 Å². The molecule has 158 valence electrons. The first kappa shape index (κ1) is 21.1. The lowest BCUT2D eigenvalue weighted by Gasteiger charge is -2.14. The molecule has 2 aliphatic rings. The average molecular weight is 423 g/mol. The van der Waals surface area contributed by atoms with Gasteiger partial charge in [-0.1, -0.05) is 54.1 Å². The molecule has 0 radical (unpaired) electrons. The molecule has 1 saturated carbocycles. The van der Waals surface area contributed by atoms with Gasteiger partial charge in [-0.2, -0.15) is 10.5 Å². The monoisotopic (exact) mass is 423 g/mol. The molecule has 6 heteroatoms. The highest BCUT2D eigenvalue weighted by Crippen LogP contribution is 2.68. The first-order valence-electron chi connectivity index (χ1n) is 10.2. The van der Waals surface area contributed by atoms with Crippen LogP contribution in [0.25, 0.3) is 5.57 Å². The van der Waals surface area contributed by atoms with Crippen LogP contribution in [0.5, 0.6) is 0 Å². The molecule has 2 aromatic carbocycles. The second kappa shape index (κ2) is 7.83. The fourth-order valence-corrected chi connectivity index (χ4v) is 4.66. The second-order valence-corrected chi connectivity index (χ2v) is 7.96. The lowest BCUT2D eigenvalue weighted by atomic mass is 9.93.